The molecular formula is C12H12BrNO. The smallest absolute Gasteiger partial charge is 0.220 e. The van der Waals surface area contributed by atoms with E-state index in [1.54, 1.807) is 0 Å². The first-order valence-electron chi connectivity index (χ1n) is 5.30. The van der Waals surface area contributed by atoms with Crippen LogP contribution in [0.3, 0.4) is 0 Å². The molecule has 15 heavy (non-hydrogen) atoms. The summed E-state index contributed by atoms with van der Waals surface area (Å²) in [5.41, 5.74) is 2.68. The standard InChI is InChI=1S/C12H12BrNO/c13-9-1-2-10-8(7-9)3-5-12(10)6-4-11(15)14-12/h1-2,7H,3-6H2,(H,14,15). The van der Waals surface area contributed by atoms with Gasteiger partial charge in [-0.2, -0.15) is 0 Å². The van der Waals surface area contributed by atoms with E-state index in [0.717, 1.165) is 23.7 Å². The highest BCUT2D eigenvalue weighted by atomic mass is 79.9. The number of nitrogens with one attached hydrogen (secondary N) is 1. The SMILES string of the molecule is O=C1CCC2(CCc3cc(Br)ccc32)N1. The Morgan fingerprint density at radius 3 is 2.80 bits per heavy atom. The Morgan fingerprint density at radius 2 is 2.07 bits per heavy atom. The Kier molecular flexibility index (Phi) is 1.93. The second-order valence-corrected chi connectivity index (χ2v) is 5.35. The van der Waals surface area contributed by atoms with Crippen molar-refractivity contribution in [2.75, 3.05) is 0 Å². The van der Waals surface area contributed by atoms with Crippen molar-refractivity contribution < 1.29 is 4.79 Å². The summed E-state index contributed by atoms with van der Waals surface area (Å²) in [7, 11) is 0. The quantitative estimate of drug-likeness (QED) is 0.768. The van der Waals surface area contributed by atoms with E-state index < -0.39 is 0 Å². The van der Waals surface area contributed by atoms with Crippen molar-refractivity contribution in [2.24, 2.45) is 0 Å². The molecule has 0 bridgehead atoms. The molecule has 1 aromatic carbocycles. The number of hydrogen-bond donors (Lipinski definition) is 1. The lowest BCUT2D eigenvalue weighted by atomic mass is 9.90. The third kappa shape index (κ3) is 1.33. The molecule has 1 aromatic rings. The molecule has 3 rings (SSSR count). The maximum atomic E-state index is 11.4. The molecule has 1 aliphatic heterocycles. The van der Waals surface area contributed by atoms with Crippen LogP contribution in [0.4, 0.5) is 0 Å². The van der Waals surface area contributed by atoms with Gasteiger partial charge in [-0.05, 0) is 42.5 Å². The highest BCUT2D eigenvalue weighted by Gasteiger charge is 2.43. The second-order valence-electron chi connectivity index (χ2n) is 4.43. The Balaban J connectivity index is 2.08. The third-order valence-electron chi connectivity index (χ3n) is 3.56. The number of halogens is 1. The number of carbonyl (C=O) groups is 1. The van der Waals surface area contributed by atoms with Crippen LogP contribution in [0.25, 0.3) is 0 Å². The number of amides is 1. The summed E-state index contributed by atoms with van der Waals surface area (Å²) in [4.78, 5) is 11.4. The Hall–Kier alpha value is -0.830. The number of aryl methyl sites for hydroxylation is 1. The molecule has 1 aliphatic carbocycles. The zero-order chi connectivity index (χ0) is 10.5. The number of benzene rings is 1. The molecule has 1 heterocycles. The van der Waals surface area contributed by atoms with Crippen LogP contribution in [-0.4, -0.2) is 5.91 Å². The molecule has 1 spiro atoms. The lowest BCUT2D eigenvalue weighted by molar-refractivity contribution is -0.119. The summed E-state index contributed by atoms with van der Waals surface area (Å²) < 4.78 is 1.13. The molecule has 78 valence electrons. The molecule has 2 nitrogen and oxygen atoms in total. The molecule has 1 saturated heterocycles. The summed E-state index contributed by atoms with van der Waals surface area (Å²) in [5.74, 6) is 0.200. The van der Waals surface area contributed by atoms with Crippen molar-refractivity contribution in [3.05, 3.63) is 33.8 Å². The molecule has 2 aliphatic rings. The van der Waals surface area contributed by atoms with Crippen LogP contribution in [0, 0.1) is 0 Å². The molecule has 1 fully saturated rings. The monoisotopic (exact) mass is 265 g/mol. The number of rotatable bonds is 0. The minimum Gasteiger partial charge on any atom is -0.347 e. The van der Waals surface area contributed by atoms with Gasteiger partial charge in [0.05, 0.1) is 5.54 Å². The lowest BCUT2D eigenvalue weighted by Gasteiger charge is -2.24. The average molecular weight is 266 g/mol. The number of carbonyl (C=O) groups excluding carboxylic acids is 1. The summed E-state index contributed by atoms with van der Waals surface area (Å²) in [5, 5.41) is 3.15. The Labute approximate surface area is 97.2 Å². The molecular weight excluding hydrogens is 254 g/mol. The van der Waals surface area contributed by atoms with Gasteiger partial charge in [-0.1, -0.05) is 22.0 Å². The van der Waals surface area contributed by atoms with Gasteiger partial charge in [0.25, 0.3) is 0 Å². The fourth-order valence-electron chi connectivity index (χ4n) is 2.83. The van der Waals surface area contributed by atoms with Crippen molar-refractivity contribution in [2.45, 2.75) is 31.2 Å². The van der Waals surface area contributed by atoms with Gasteiger partial charge in [-0.15, -0.1) is 0 Å². The summed E-state index contributed by atoms with van der Waals surface area (Å²) >= 11 is 3.49. The van der Waals surface area contributed by atoms with E-state index in [4.69, 9.17) is 0 Å². The van der Waals surface area contributed by atoms with E-state index in [-0.39, 0.29) is 11.4 Å². The summed E-state index contributed by atoms with van der Waals surface area (Å²) in [6, 6.07) is 6.39. The van der Waals surface area contributed by atoms with Crippen LogP contribution in [0.15, 0.2) is 22.7 Å². The van der Waals surface area contributed by atoms with Crippen LogP contribution in [0.1, 0.15) is 30.4 Å². The fraction of sp³-hybridized carbons (Fsp3) is 0.417. The van der Waals surface area contributed by atoms with Crippen LogP contribution < -0.4 is 5.32 Å². The summed E-state index contributed by atoms with van der Waals surface area (Å²) in [6.07, 6.45) is 3.77. The lowest BCUT2D eigenvalue weighted by Crippen LogP contribution is -2.36. The van der Waals surface area contributed by atoms with Gasteiger partial charge in [0, 0.05) is 10.9 Å². The normalized spacial score (nSPS) is 28.2. The number of hydrogen-bond acceptors (Lipinski definition) is 1. The summed E-state index contributed by atoms with van der Waals surface area (Å²) in [6.45, 7) is 0. The maximum Gasteiger partial charge on any atom is 0.220 e. The molecule has 1 unspecified atom stereocenters. The topological polar surface area (TPSA) is 29.1 Å². The molecule has 1 N–H and O–H groups in total. The van der Waals surface area contributed by atoms with Gasteiger partial charge in [-0.3, -0.25) is 4.79 Å². The van der Waals surface area contributed by atoms with Crippen molar-refractivity contribution >= 4 is 21.8 Å². The van der Waals surface area contributed by atoms with E-state index >= 15 is 0 Å². The third-order valence-corrected chi connectivity index (χ3v) is 4.05. The van der Waals surface area contributed by atoms with Gasteiger partial charge in [0.1, 0.15) is 0 Å². The van der Waals surface area contributed by atoms with E-state index in [1.807, 2.05) is 0 Å². The highest BCUT2D eigenvalue weighted by molar-refractivity contribution is 9.10. The maximum absolute atomic E-state index is 11.4. The second kappa shape index (κ2) is 3.08. The van der Waals surface area contributed by atoms with Crippen LogP contribution in [-0.2, 0) is 16.8 Å². The van der Waals surface area contributed by atoms with Crippen molar-refractivity contribution in [1.29, 1.82) is 0 Å². The van der Waals surface area contributed by atoms with E-state index in [1.165, 1.54) is 11.1 Å². The molecule has 0 radical (unpaired) electrons. The van der Waals surface area contributed by atoms with E-state index in [9.17, 15) is 4.79 Å². The predicted octanol–water partition coefficient (Wildman–Crippen LogP) is 2.50. The van der Waals surface area contributed by atoms with Gasteiger partial charge >= 0.3 is 0 Å². The molecule has 1 amide bonds. The Morgan fingerprint density at radius 1 is 1.27 bits per heavy atom. The first-order chi connectivity index (χ1) is 7.20. The zero-order valence-corrected chi connectivity index (χ0v) is 9.93. The minimum atomic E-state index is -0.0346. The van der Waals surface area contributed by atoms with E-state index in [0.29, 0.717) is 6.42 Å². The molecule has 0 saturated carbocycles. The molecule has 3 heteroatoms. The molecule has 0 aromatic heterocycles. The highest BCUT2D eigenvalue weighted by Crippen LogP contribution is 2.43. The largest absolute Gasteiger partial charge is 0.347 e. The van der Waals surface area contributed by atoms with Gasteiger partial charge in [-0.25, -0.2) is 0 Å². The van der Waals surface area contributed by atoms with Crippen molar-refractivity contribution in [1.82, 2.24) is 5.32 Å². The molecule has 1 atom stereocenters. The van der Waals surface area contributed by atoms with Gasteiger partial charge < -0.3 is 5.32 Å². The van der Waals surface area contributed by atoms with Crippen LogP contribution >= 0.6 is 15.9 Å². The van der Waals surface area contributed by atoms with Crippen LogP contribution in [0.2, 0.25) is 0 Å². The van der Waals surface area contributed by atoms with Gasteiger partial charge in [0.2, 0.25) is 5.91 Å². The van der Waals surface area contributed by atoms with Crippen molar-refractivity contribution in [3.8, 4) is 0 Å². The minimum absolute atomic E-state index is 0.0346. The van der Waals surface area contributed by atoms with Crippen molar-refractivity contribution in [3.63, 3.8) is 0 Å². The zero-order valence-electron chi connectivity index (χ0n) is 8.35. The average Bonchev–Trinajstić information content (AvgIpc) is 2.73. The first-order valence-corrected chi connectivity index (χ1v) is 6.09. The van der Waals surface area contributed by atoms with Crippen LogP contribution in [0.5, 0.6) is 0 Å². The first kappa shape index (κ1) is 9.40. The predicted molar refractivity (Wildman–Crippen MR) is 61.5 cm³/mol. The van der Waals surface area contributed by atoms with E-state index in [2.05, 4.69) is 39.4 Å². The number of fused-ring (bicyclic) bond motifs is 2. The fourth-order valence-corrected chi connectivity index (χ4v) is 3.24. The Bertz CT molecular complexity index is 443. The van der Waals surface area contributed by atoms with Gasteiger partial charge in [0.15, 0.2) is 0 Å².